The predicted octanol–water partition coefficient (Wildman–Crippen LogP) is 1.80. The fraction of sp³-hybridized carbons (Fsp3) is 0.250. The summed E-state index contributed by atoms with van der Waals surface area (Å²) in [6.07, 6.45) is 0.0110. The van der Waals surface area contributed by atoms with Gasteiger partial charge in [-0.25, -0.2) is 0 Å². The third-order valence-corrected chi connectivity index (χ3v) is 4.73. The number of esters is 1. The highest BCUT2D eigenvalue weighted by molar-refractivity contribution is 5.86. The summed E-state index contributed by atoms with van der Waals surface area (Å²) in [7, 11) is 0. The molecule has 7 heteroatoms. The summed E-state index contributed by atoms with van der Waals surface area (Å²) in [6, 6.07) is 12.1. The number of nitrogens with two attached hydrogens (primary N) is 1. The second-order valence-corrected chi connectivity index (χ2v) is 6.45. The van der Waals surface area contributed by atoms with Crippen molar-refractivity contribution in [3.63, 3.8) is 0 Å². The molecule has 0 spiro atoms. The fourth-order valence-corrected chi connectivity index (χ4v) is 3.33. The van der Waals surface area contributed by atoms with Gasteiger partial charge in [0.15, 0.2) is 0 Å². The normalized spacial score (nSPS) is 14.0. The number of ether oxygens (including phenoxy) is 1. The van der Waals surface area contributed by atoms with Crippen LogP contribution >= 0.6 is 0 Å². The van der Waals surface area contributed by atoms with E-state index in [-0.39, 0.29) is 6.61 Å². The van der Waals surface area contributed by atoms with E-state index < -0.39 is 36.3 Å². The summed E-state index contributed by atoms with van der Waals surface area (Å²) in [5.74, 6) is -5.15. The lowest BCUT2D eigenvalue weighted by Gasteiger charge is -2.18. The van der Waals surface area contributed by atoms with Gasteiger partial charge in [-0.1, -0.05) is 42.5 Å². The van der Waals surface area contributed by atoms with Crippen molar-refractivity contribution in [2.24, 2.45) is 11.7 Å². The minimum absolute atomic E-state index is 0.0710. The number of aliphatic carboxylic acids is 2. The second kappa shape index (κ2) is 7.59. The first kappa shape index (κ1) is 18.6. The molecule has 0 amide bonds. The standard InChI is InChI=1S/C20H19NO6/c21-18(19(24)25)16(9-17(22)23)20(26)27-10-12-5-3-7-14-13-6-2-1-4-11(13)8-15(12)14/h1-7,16,18H,8-10,21H2,(H,22,23)(H,24,25). The fourth-order valence-electron chi connectivity index (χ4n) is 3.33. The van der Waals surface area contributed by atoms with Crippen LogP contribution in [0.15, 0.2) is 42.5 Å². The Morgan fingerprint density at radius 2 is 1.74 bits per heavy atom. The molecule has 2 unspecified atom stereocenters. The van der Waals surface area contributed by atoms with Gasteiger partial charge in [0.05, 0.1) is 12.3 Å². The summed E-state index contributed by atoms with van der Waals surface area (Å²) >= 11 is 0. The number of carbonyl (C=O) groups is 3. The monoisotopic (exact) mass is 369 g/mol. The van der Waals surface area contributed by atoms with Crippen LogP contribution < -0.4 is 5.73 Å². The highest BCUT2D eigenvalue weighted by Gasteiger charge is 2.34. The molecule has 4 N–H and O–H groups in total. The van der Waals surface area contributed by atoms with Crippen LogP contribution in [0.1, 0.15) is 23.1 Å². The summed E-state index contributed by atoms with van der Waals surface area (Å²) in [6.45, 7) is -0.0710. The average molecular weight is 369 g/mol. The van der Waals surface area contributed by atoms with E-state index in [0.717, 1.165) is 22.3 Å². The average Bonchev–Trinajstić information content (AvgIpc) is 3.02. The van der Waals surface area contributed by atoms with Crippen LogP contribution in [0.5, 0.6) is 0 Å². The molecule has 1 aliphatic carbocycles. The van der Waals surface area contributed by atoms with Crippen LogP contribution in [0.3, 0.4) is 0 Å². The minimum Gasteiger partial charge on any atom is -0.481 e. The predicted molar refractivity (Wildman–Crippen MR) is 95.8 cm³/mol. The van der Waals surface area contributed by atoms with Crippen LogP contribution in [0.25, 0.3) is 11.1 Å². The summed E-state index contributed by atoms with van der Waals surface area (Å²) in [5.41, 5.74) is 10.7. The number of fused-ring (bicyclic) bond motifs is 3. The lowest BCUT2D eigenvalue weighted by atomic mass is 9.97. The molecule has 0 heterocycles. The molecule has 0 saturated carbocycles. The molecule has 0 radical (unpaired) electrons. The van der Waals surface area contributed by atoms with E-state index >= 15 is 0 Å². The topological polar surface area (TPSA) is 127 Å². The molecule has 2 atom stereocenters. The summed E-state index contributed by atoms with van der Waals surface area (Å²) in [5, 5.41) is 17.9. The number of rotatable bonds is 7. The minimum atomic E-state index is -1.64. The lowest BCUT2D eigenvalue weighted by molar-refractivity contribution is -0.158. The molecule has 2 aromatic carbocycles. The maximum atomic E-state index is 12.3. The third-order valence-electron chi connectivity index (χ3n) is 4.73. The first-order valence-electron chi connectivity index (χ1n) is 8.44. The van der Waals surface area contributed by atoms with Crippen LogP contribution in [-0.2, 0) is 32.1 Å². The van der Waals surface area contributed by atoms with Gasteiger partial charge in [0, 0.05) is 0 Å². The number of carbonyl (C=O) groups excluding carboxylic acids is 1. The molecule has 0 fully saturated rings. The van der Waals surface area contributed by atoms with Gasteiger partial charge in [-0.05, 0) is 34.2 Å². The number of benzene rings is 2. The van der Waals surface area contributed by atoms with Crippen molar-refractivity contribution in [3.05, 3.63) is 59.2 Å². The van der Waals surface area contributed by atoms with Crippen molar-refractivity contribution in [2.45, 2.75) is 25.5 Å². The van der Waals surface area contributed by atoms with Crippen LogP contribution in [-0.4, -0.2) is 34.2 Å². The zero-order chi connectivity index (χ0) is 19.6. The first-order valence-corrected chi connectivity index (χ1v) is 8.44. The molecule has 0 aromatic heterocycles. The number of carboxylic acids is 2. The Morgan fingerprint density at radius 3 is 2.44 bits per heavy atom. The molecule has 0 bridgehead atoms. The maximum absolute atomic E-state index is 12.3. The Balaban J connectivity index is 1.76. The van der Waals surface area contributed by atoms with Gasteiger partial charge >= 0.3 is 17.9 Å². The van der Waals surface area contributed by atoms with Crippen molar-refractivity contribution < 1.29 is 29.3 Å². The highest BCUT2D eigenvalue weighted by Crippen LogP contribution is 2.38. The molecular weight excluding hydrogens is 350 g/mol. The smallest absolute Gasteiger partial charge is 0.321 e. The van der Waals surface area contributed by atoms with Crippen molar-refractivity contribution >= 4 is 17.9 Å². The van der Waals surface area contributed by atoms with E-state index in [0.29, 0.717) is 6.42 Å². The van der Waals surface area contributed by atoms with Gasteiger partial charge in [-0.2, -0.15) is 0 Å². The Hall–Kier alpha value is -3.19. The van der Waals surface area contributed by atoms with E-state index in [4.69, 9.17) is 20.7 Å². The van der Waals surface area contributed by atoms with E-state index in [1.54, 1.807) is 0 Å². The number of carboxylic acid groups (broad SMARTS) is 2. The molecule has 2 aromatic rings. The number of hydrogen-bond donors (Lipinski definition) is 3. The molecule has 1 aliphatic rings. The Bertz CT molecular complexity index is 907. The zero-order valence-corrected chi connectivity index (χ0v) is 14.4. The van der Waals surface area contributed by atoms with Crippen LogP contribution in [0, 0.1) is 5.92 Å². The molecular formula is C20H19NO6. The largest absolute Gasteiger partial charge is 0.481 e. The van der Waals surface area contributed by atoms with Crippen molar-refractivity contribution in [1.29, 1.82) is 0 Å². The van der Waals surface area contributed by atoms with Crippen LogP contribution in [0.4, 0.5) is 0 Å². The highest BCUT2D eigenvalue weighted by atomic mass is 16.5. The second-order valence-electron chi connectivity index (χ2n) is 6.45. The van der Waals surface area contributed by atoms with Crippen LogP contribution in [0.2, 0.25) is 0 Å². The Morgan fingerprint density at radius 1 is 1.04 bits per heavy atom. The molecule has 3 rings (SSSR count). The van der Waals surface area contributed by atoms with Gasteiger partial charge < -0.3 is 20.7 Å². The third kappa shape index (κ3) is 3.83. The Kier molecular flexibility index (Phi) is 5.23. The zero-order valence-electron chi connectivity index (χ0n) is 14.4. The summed E-state index contributed by atoms with van der Waals surface area (Å²) < 4.78 is 5.24. The quantitative estimate of drug-likeness (QED) is 0.542. The van der Waals surface area contributed by atoms with E-state index in [9.17, 15) is 14.4 Å². The van der Waals surface area contributed by atoms with Gasteiger partial charge in [0.25, 0.3) is 0 Å². The molecule has 7 nitrogen and oxygen atoms in total. The SMILES string of the molecule is NC(C(=O)O)C(CC(=O)O)C(=O)OCc1cccc2c1Cc1ccccc1-2. The number of hydrogen-bond acceptors (Lipinski definition) is 5. The summed E-state index contributed by atoms with van der Waals surface area (Å²) in [4.78, 5) is 34.3. The van der Waals surface area contributed by atoms with Crippen molar-refractivity contribution in [3.8, 4) is 11.1 Å². The van der Waals surface area contributed by atoms with Crippen molar-refractivity contribution in [2.75, 3.05) is 0 Å². The first-order chi connectivity index (χ1) is 12.9. The molecule has 27 heavy (non-hydrogen) atoms. The van der Waals surface area contributed by atoms with Crippen molar-refractivity contribution in [1.82, 2.24) is 0 Å². The van der Waals surface area contributed by atoms with Gasteiger partial charge in [0.1, 0.15) is 12.6 Å². The molecule has 140 valence electrons. The van der Waals surface area contributed by atoms with E-state index in [1.807, 2.05) is 42.5 Å². The van der Waals surface area contributed by atoms with Gasteiger partial charge in [0.2, 0.25) is 0 Å². The lowest BCUT2D eigenvalue weighted by Crippen LogP contribution is -2.43. The van der Waals surface area contributed by atoms with E-state index in [2.05, 4.69) is 0 Å². The van der Waals surface area contributed by atoms with Gasteiger partial charge in [-0.15, -0.1) is 0 Å². The Labute approximate surface area is 155 Å². The maximum Gasteiger partial charge on any atom is 0.321 e. The molecule has 0 aliphatic heterocycles. The molecule has 0 saturated heterocycles. The van der Waals surface area contributed by atoms with Gasteiger partial charge in [-0.3, -0.25) is 14.4 Å². The van der Waals surface area contributed by atoms with E-state index in [1.165, 1.54) is 5.56 Å².